The van der Waals surface area contributed by atoms with Gasteiger partial charge in [-0.2, -0.15) is 0 Å². The molecule has 1 unspecified atom stereocenters. The van der Waals surface area contributed by atoms with E-state index < -0.39 is 164 Å². The Morgan fingerprint density at radius 3 is 0.765 bits per heavy atom. The predicted molar refractivity (Wildman–Crippen MR) is 138 cm³/mol. The summed E-state index contributed by atoms with van der Waals surface area (Å²) in [5.41, 5.74) is -2.92. The van der Waals surface area contributed by atoms with Crippen LogP contribution in [0.1, 0.15) is 0 Å². The molecule has 0 N–H and O–H groups in total. The molecule has 0 nitrogen and oxygen atoms in total. The highest BCUT2D eigenvalue weighted by atomic mass is 31.1. The Kier molecular flexibility index (Phi) is 10.0. The average molecular weight is 794 g/mol. The summed E-state index contributed by atoms with van der Waals surface area (Å²) in [6.07, 6.45) is 0.866. The molecule has 270 valence electrons. The third kappa shape index (κ3) is 5.56. The van der Waals surface area contributed by atoms with Gasteiger partial charge >= 0.3 is 0 Å². The molecule has 0 radical (unpaired) electrons. The summed E-state index contributed by atoms with van der Waals surface area (Å²) < 4.78 is 294. The lowest BCUT2D eigenvalue weighted by atomic mass is 10.3. The minimum Gasteiger partial charge on any atom is -0.203 e. The van der Waals surface area contributed by atoms with Crippen molar-refractivity contribution in [3.8, 4) is 0 Å². The van der Waals surface area contributed by atoms with Crippen LogP contribution >= 0.6 is 15.8 Å². The molecule has 51 heavy (non-hydrogen) atoms. The Labute approximate surface area is 270 Å². The van der Waals surface area contributed by atoms with Crippen molar-refractivity contribution in [2.45, 2.75) is 5.66 Å². The fourth-order valence-electron chi connectivity index (χ4n) is 4.83. The van der Waals surface area contributed by atoms with Crippen LogP contribution in [0.3, 0.4) is 0 Å². The van der Waals surface area contributed by atoms with Crippen LogP contribution in [0.25, 0.3) is 0 Å². The van der Waals surface area contributed by atoms with E-state index in [0.717, 1.165) is 0 Å². The highest BCUT2D eigenvalue weighted by molar-refractivity contribution is 7.80. The summed E-state index contributed by atoms with van der Waals surface area (Å²) in [5, 5.41) is -11.4. The normalized spacial score (nSPS) is 14.5. The molecular weight excluding hydrogens is 790 g/mol. The van der Waals surface area contributed by atoms with E-state index >= 15 is 35.1 Å². The number of halogens is 20. The maximum atomic E-state index is 15.3. The number of hydrogen-bond acceptors (Lipinski definition) is 0. The number of benzene rings is 4. The van der Waals surface area contributed by atoms with Crippen LogP contribution in [0.5, 0.6) is 0 Å². The summed E-state index contributed by atoms with van der Waals surface area (Å²) in [4.78, 5) is 0. The molecule has 0 fully saturated rings. The highest BCUT2D eigenvalue weighted by Crippen LogP contribution is 2.59. The molecule has 22 heteroatoms. The van der Waals surface area contributed by atoms with Gasteiger partial charge in [0, 0.05) is 5.66 Å². The summed E-state index contributed by atoms with van der Waals surface area (Å²) in [6.45, 7) is 0. The Balaban J connectivity index is 1.99. The van der Waals surface area contributed by atoms with Crippen molar-refractivity contribution in [3.05, 3.63) is 140 Å². The maximum Gasteiger partial charge on any atom is 0.200 e. The van der Waals surface area contributed by atoms with Crippen molar-refractivity contribution < 1.29 is 87.8 Å². The van der Waals surface area contributed by atoms with E-state index in [1.807, 2.05) is 0 Å². The lowest BCUT2D eigenvalue weighted by Crippen LogP contribution is -2.35. The van der Waals surface area contributed by atoms with E-state index in [9.17, 15) is 52.7 Å². The topological polar surface area (TPSA) is 0 Å². The van der Waals surface area contributed by atoms with Gasteiger partial charge in [0.1, 0.15) is 0 Å². The van der Waals surface area contributed by atoms with Crippen LogP contribution in [-0.2, 0) is 0 Å². The molecule has 0 aromatic heterocycles. The zero-order valence-corrected chi connectivity index (χ0v) is 25.1. The molecule has 0 amide bonds. The van der Waals surface area contributed by atoms with Gasteiger partial charge in [-0.05, 0) is 21.2 Å². The van der Waals surface area contributed by atoms with Crippen molar-refractivity contribution in [2.75, 3.05) is 0 Å². The van der Waals surface area contributed by atoms with Crippen molar-refractivity contribution in [1.82, 2.24) is 0 Å². The second-order valence-electron chi connectivity index (χ2n) is 9.80. The van der Waals surface area contributed by atoms with E-state index in [-0.39, 0.29) is 12.2 Å². The number of allylic oxidation sites excluding steroid dienone is 4. The Morgan fingerprint density at radius 1 is 0.294 bits per heavy atom. The molecule has 1 atom stereocenters. The van der Waals surface area contributed by atoms with Gasteiger partial charge in [0.15, 0.2) is 93.1 Å². The second kappa shape index (κ2) is 13.4. The molecular formula is C29H4F20P2. The molecule has 4 aromatic rings. The number of rotatable bonds is 6. The molecule has 0 saturated carbocycles. The van der Waals surface area contributed by atoms with Gasteiger partial charge in [-0.25, -0.2) is 87.8 Å². The van der Waals surface area contributed by atoms with Crippen LogP contribution in [0.4, 0.5) is 87.8 Å². The van der Waals surface area contributed by atoms with Crippen LogP contribution in [0.2, 0.25) is 0 Å². The van der Waals surface area contributed by atoms with E-state index in [1.165, 1.54) is 0 Å². The van der Waals surface area contributed by atoms with Gasteiger partial charge in [-0.1, -0.05) is 18.2 Å². The lowest BCUT2D eigenvalue weighted by Gasteiger charge is -2.32. The zero-order valence-electron chi connectivity index (χ0n) is 23.3. The molecule has 0 heterocycles. The predicted octanol–water partition coefficient (Wildman–Crippen LogP) is 8.86. The van der Waals surface area contributed by atoms with Crippen LogP contribution in [-0.4, -0.2) is 5.66 Å². The van der Waals surface area contributed by atoms with Gasteiger partial charge in [-0.3, -0.25) is 0 Å². The average Bonchev–Trinajstić information content (AvgIpc) is 3.59. The Hall–Kier alpha value is -4.18. The van der Waals surface area contributed by atoms with Crippen molar-refractivity contribution in [2.24, 2.45) is 0 Å². The standard InChI is InChI=1S/C29H4F20P2/c30-6-10(34)18(42)26(19(43)11(6)35)50(27-20(44)12(36)7(31)13(37)21(27)45)4-2-1-3-5(4)51(28-22(46)14(38)8(32)15(39)23(28)47)29-24(48)16(40)9(33)17(41)25(29)49/h1-4H. The maximum absolute atomic E-state index is 15.3. The molecule has 0 bridgehead atoms. The third-order valence-electron chi connectivity index (χ3n) is 7.08. The van der Waals surface area contributed by atoms with E-state index in [2.05, 4.69) is 0 Å². The first-order valence-corrected chi connectivity index (χ1v) is 15.5. The Morgan fingerprint density at radius 2 is 0.510 bits per heavy atom. The van der Waals surface area contributed by atoms with Gasteiger partial charge in [-0.15, -0.1) is 0 Å². The van der Waals surface area contributed by atoms with E-state index in [4.69, 9.17) is 0 Å². The van der Waals surface area contributed by atoms with Crippen molar-refractivity contribution >= 4 is 37.1 Å². The second-order valence-corrected chi connectivity index (χ2v) is 14.1. The summed E-state index contributed by atoms with van der Waals surface area (Å²) >= 11 is 0. The minimum atomic E-state index is -4.65. The fraction of sp³-hybridized carbons (Fsp3) is 0.0345. The molecule has 0 saturated heterocycles. The first-order chi connectivity index (χ1) is 23.7. The first kappa shape index (κ1) is 38.1. The van der Waals surface area contributed by atoms with Crippen molar-refractivity contribution in [3.63, 3.8) is 0 Å². The lowest BCUT2D eigenvalue weighted by molar-refractivity contribution is 0.382. The molecule has 1 aliphatic carbocycles. The van der Waals surface area contributed by atoms with Crippen LogP contribution in [0.15, 0.2) is 23.5 Å². The molecule has 0 spiro atoms. The SMILES string of the molecule is Fc1c(F)c(F)c(P(C2=CC=CC2P(c2c(F)c(F)c(F)c(F)c2F)c2c(F)c(F)c(F)c(F)c2F)c2c(F)c(F)c(F)c(F)c2F)c(F)c1F. The molecule has 0 aliphatic heterocycles. The van der Waals surface area contributed by atoms with E-state index in [1.54, 1.807) is 0 Å². The minimum absolute atomic E-state index is 0.208. The van der Waals surface area contributed by atoms with Gasteiger partial charge < -0.3 is 0 Å². The van der Waals surface area contributed by atoms with Crippen molar-refractivity contribution in [1.29, 1.82) is 0 Å². The van der Waals surface area contributed by atoms with Crippen LogP contribution < -0.4 is 21.2 Å². The van der Waals surface area contributed by atoms with Gasteiger partial charge in [0.25, 0.3) is 0 Å². The van der Waals surface area contributed by atoms with Crippen LogP contribution in [0, 0.1) is 116 Å². The van der Waals surface area contributed by atoms with Gasteiger partial charge in [0.05, 0.1) is 21.2 Å². The smallest absolute Gasteiger partial charge is 0.200 e. The summed E-state index contributed by atoms with van der Waals surface area (Å²) in [7, 11) is -9.25. The van der Waals surface area contributed by atoms with E-state index in [0.29, 0.717) is 6.08 Å². The monoisotopic (exact) mass is 794 g/mol. The first-order valence-electron chi connectivity index (χ1n) is 12.7. The molecule has 5 rings (SSSR count). The largest absolute Gasteiger partial charge is 0.203 e. The van der Waals surface area contributed by atoms with Gasteiger partial charge in [0.2, 0.25) is 23.3 Å². The molecule has 1 aliphatic rings. The Bertz CT molecular complexity index is 1990. The third-order valence-corrected chi connectivity index (χ3v) is 12.7. The molecule has 4 aromatic carbocycles. The summed E-state index contributed by atoms with van der Waals surface area (Å²) in [5.74, 6) is -59.9. The highest BCUT2D eigenvalue weighted by Gasteiger charge is 2.47. The fourth-order valence-corrected chi connectivity index (χ4v) is 10.7. The number of hydrogen-bond donors (Lipinski definition) is 0. The zero-order chi connectivity index (χ0) is 38.3. The quantitative estimate of drug-likeness (QED) is 0.0793. The summed E-state index contributed by atoms with van der Waals surface area (Å²) in [6, 6.07) is 0.